The van der Waals surface area contributed by atoms with Crippen LogP contribution in [0.25, 0.3) is 11.4 Å². The van der Waals surface area contributed by atoms with Gasteiger partial charge in [-0.15, -0.1) is 0 Å². The zero-order valence-electron chi connectivity index (χ0n) is 44.7. The van der Waals surface area contributed by atoms with E-state index in [4.69, 9.17) is 20.5 Å². The number of imidazole rings is 2. The standard InChI is InChI=1S/C23H16FN5O.C20H13F4N3O4S.C4H3N2.3C4H9.Sn/c24-19-9-15(12-25)5-6-18(19)20-11-23(30,21-13-26-14-29(20)21)17-4-1-3-16(10-17)22-27-7-2-8-28-22;21-16-6-12(9-25)4-5-15(16)17-8-19(28,18-10-26-11-27(17)18)13-2-1-3-14(7-13)31-32(29,30)20(22,23)24;1-2-5-4-6-3-1;3*1-3-4-2;/h1-10,13-14,20,30H,11H2;1-7,10-11,17,28H,8H2;1-3H;3*1,3-4H2,2H3;/t20-,23+;17-,19+;;;;;/m11...../s1. The zero-order valence-corrected chi connectivity index (χ0v) is 48.3. The summed E-state index contributed by atoms with van der Waals surface area (Å²) in [5.74, 6) is -1.24. The van der Waals surface area contributed by atoms with Gasteiger partial charge in [-0.25, -0.2) is 28.7 Å². The van der Waals surface area contributed by atoms with Crippen LogP contribution in [0.15, 0.2) is 147 Å². The van der Waals surface area contributed by atoms with Crippen molar-refractivity contribution in [2.45, 2.75) is 114 Å². The Bertz CT molecular complexity index is 3630. The number of aromatic nitrogens is 8. The molecule has 15 nitrogen and oxygen atoms in total. The normalized spacial score (nSPS) is 18.3. The predicted molar refractivity (Wildman–Crippen MR) is 294 cm³/mol. The fourth-order valence-corrected chi connectivity index (χ4v) is 26.0. The molecule has 2 aliphatic heterocycles. The molecule has 0 fully saturated rings. The van der Waals surface area contributed by atoms with Crippen LogP contribution < -0.4 is 8.02 Å². The van der Waals surface area contributed by atoms with Crippen LogP contribution in [-0.4, -0.2) is 81.6 Å². The molecule has 4 aromatic carbocycles. The minimum absolute atomic E-state index is 0.0330. The molecule has 22 heteroatoms. The van der Waals surface area contributed by atoms with Crippen molar-refractivity contribution in [1.29, 1.82) is 10.5 Å². The predicted octanol–water partition coefficient (Wildman–Crippen LogP) is 11.5. The minimum Gasteiger partial charge on any atom is -0.379 e. The van der Waals surface area contributed by atoms with Crippen LogP contribution in [0.3, 0.4) is 0 Å². The van der Waals surface area contributed by atoms with Gasteiger partial charge in [0.2, 0.25) is 0 Å². The summed E-state index contributed by atoms with van der Waals surface area (Å²) in [6, 6.07) is 26.5. The van der Waals surface area contributed by atoms with Crippen molar-refractivity contribution < 1.29 is 44.8 Å². The van der Waals surface area contributed by atoms with E-state index >= 15 is 0 Å². The van der Waals surface area contributed by atoms with Crippen molar-refractivity contribution in [1.82, 2.24) is 39.0 Å². The van der Waals surface area contributed by atoms with Crippen molar-refractivity contribution in [3.63, 3.8) is 0 Å². The first-order valence-electron chi connectivity index (χ1n) is 26.5. The molecule has 0 aliphatic carbocycles. The molecule has 0 radical (unpaired) electrons. The second-order valence-electron chi connectivity index (χ2n) is 20.1. The molecule has 0 bridgehead atoms. The van der Waals surface area contributed by atoms with E-state index in [9.17, 15) is 40.6 Å². The third kappa shape index (κ3) is 12.9. The number of aliphatic hydroxyl groups is 2. The average Bonchev–Trinajstić information content (AvgIpc) is 3.29. The smallest absolute Gasteiger partial charge is 0.379 e. The van der Waals surface area contributed by atoms with Crippen LogP contribution in [0.1, 0.15) is 129 Å². The van der Waals surface area contributed by atoms with Gasteiger partial charge in [-0.1, -0.05) is 42.5 Å². The Hall–Kier alpha value is -7.44. The van der Waals surface area contributed by atoms with Gasteiger partial charge in [0, 0.05) is 41.9 Å². The molecule has 0 unspecified atom stereocenters. The quantitative estimate of drug-likeness (QED) is 0.0376. The second-order valence-corrected chi connectivity index (χ2v) is 34.5. The number of alkyl halides is 3. The topological polar surface area (TPSA) is 219 Å². The van der Waals surface area contributed by atoms with Crippen LogP contribution in [-0.2, 0) is 21.3 Å². The molecule has 0 saturated carbocycles. The van der Waals surface area contributed by atoms with Crippen LogP contribution in [0.2, 0.25) is 13.3 Å². The number of unbranched alkanes of at least 4 members (excludes halogenated alkanes) is 3. The fourth-order valence-electron chi connectivity index (χ4n) is 10.7. The molecule has 0 saturated heterocycles. The molecule has 10 rings (SSSR count). The summed E-state index contributed by atoms with van der Waals surface area (Å²) in [6.45, 7) is 6.92. The first kappa shape index (κ1) is 59.7. The Labute approximate surface area is 470 Å². The maximum absolute atomic E-state index is 14.7. The molecule has 0 amide bonds. The number of rotatable bonds is 17. The number of nitriles is 2. The van der Waals surface area contributed by atoms with E-state index in [1.165, 1.54) is 103 Å². The first-order valence-corrected chi connectivity index (χ1v) is 35.4. The van der Waals surface area contributed by atoms with Crippen molar-refractivity contribution in [2.75, 3.05) is 0 Å². The SMILES string of the molecule is CCC[CH2][Sn]([CH2]CCC)([CH2]CCC)[c]1ncccn1.N#Cc1ccc([C@H]2C[C@](O)(c3cccc(-c4ncccn4)c3)c3cncn32)c(F)c1.N#Cc1ccc([C@H]2C[C@](O)(c3cccc(OS(=O)(=O)C(F)(F)F)c3)c3cncn32)c(F)c1. The van der Waals surface area contributed by atoms with Gasteiger partial charge in [-0.05, 0) is 59.7 Å². The Balaban J connectivity index is 0.000000165. The maximum Gasteiger partial charge on any atom is 0.534 e. The number of hydrogen-bond donors (Lipinski definition) is 2. The van der Waals surface area contributed by atoms with E-state index < -0.39 is 74.7 Å². The Kier molecular flexibility index (Phi) is 18.8. The van der Waals surface area contributed by atoms with E-state index in [2.05, 4.69) is 44.9 Å². The number of fused-ring (bicyclic) bond motifs is 2. The maximum atomic E-state index is 14.7. The second kappa shape index (κ2) is 25.6. The molecule has 420 valence electrons. The Morgan fingerprint density at radius 1 is 0.654 bits per heavy atom. The van der Waals surface area contributed by atoms with Gasteiger partial charge >= 0.3 is 139 Å². The van der Waals surface area contributed by atoms with E-state index in [-0.39, 0.29) is 40.8 Å². The molecule has 6 heterocycles. The molecule has 4 aromatic heterocycles. The van der Waals surface area contributed by atoms with Gasteiger partial charge in [-0.2, -0.15) is 32.1 Å². The Morgan fingerprint density at radius 3 is 1.56 bits per heavy atom. The molecule has 4 atom stereocenters. The molecule has 2 N–H and O–H groups in total. The van der Waals surface area contributed by atoms with E-state index in [0.717, 1.165) is 23.8 Å². The third-order valence-corrected chi connectivity index (χ3v) is 30.5. The molecule has 0 spiro atoms. The summed E-state index contributed by atoms with van der Waals surface area (Å²) in [7, 11) is -5.90. The minimum atomic E-state index is -5.90. The van der Waals surface area contributed by atoms with Gasteiger partial charge in [0.05, 0.1) is 71.8 Å². The van der Waals surface area contributed by atoms with E-state index in [1.54, 1.807) is 47.7 Å². The fraction of sp³-hybridized carbons (Fsp3) is 0.322. The summed E-state index contributed by atoms with van der Waals surface area (Å²) in [6.07, 6.45) is 21.3. The van der Waals surface area contributed by atoms with Crippen LogP contribution in [0.4, 0.5) is 22.0 Å². The Morgan fingerprint density at radius 2 is 1.11 bits per heavy atom. The van der Waals surface area contributed by atoms with Gasteiger partial charge in [0.25, 0.3) is 0 Å². The van der Waals surface area contributed by atoms with Crippen LogP contribution in [0, 0.1) is 34.3 Å². The first-order chi connectivity index (χ1) is 38.8. The summed E-state index contributed by atoms with van der Waals surface area (Å²) >= 11 is -2.32. The van der Waals surface area contributed by atoms with Crippen molar-refractivity contribution >= 4 is 32.3 Å². The van der Waals surface area contributed by atoms with Gasteiger partial charge in [0.1, 0.15) is 28.6 Å². The molecular formula is C59H59F5N10O5SSn. The average molecular weight is 1230 g/mol. The van der Waals surface area contributed by atoms with Crippen molar-refractivity contribution in [3.05, 3.63) is 203 Å². The van der Waals surface area contributed by atoms with Gasteiger partial charge < -0.3 is 23.5 Å². The van der Waals surface area contributed by atoms with Gasteiger partial charge in [-0.3, -0.25) is 0 Å². The molecule has 2 aliphatic rings. The van der Waals surface area contributed by atoms with Crippen molar-refractivity contribution in [3.8, 4) is 29.3 Å². The van der Waals surface area contributed by atoms with Crippen LogP contribution >= 0.6 is 0 Å². The number of hydrogen-bond acceptors (Lipinski definition) is 13. The van der Waals surface area contributed by atoms with E-state index in [0.29, 0.717) is 22.6 Å². The van der Waals surface area contributed by atoms with Crippen molar-refractivity contribution in [2.24, 2.45) is 0 Å². The monoisotopic (exact) mass is 1230 g/mol. The van der Waals surface area contributed by atoms with E-state index in [1.807, 2.05) is 54.9 Å². The summed E-state index contributed by atoms with van der Waals surface area (Å²) in [4.78, 5) is 26.1. The molecule has 8 aromatic rings. The molecule has 81 heavy (non-hydrogen) atoms. The summed E-state index contributed by atoms with van der Waals surface area (Å²) in [5.41, 5.74) is -5.58. The third-order valence-electron chi connectivity index (χ3n) is 14.8. The van der Waals surface area contributed by atoms with Crippen LogP contribution in [0.5, 0.6) is 5.75 Å². The number of nitrogens with zero attached hydrogens (tertiary/aromatic N) is 10. The molecular weight excluding hydrogens is 1170 g/mol. The summed E-state index contributed by atoms with van der Waals surface area (Å²) in [5, 5.41) is 41.1. The largest absolute Gasteiger partial charge is 0.534 e. The number of benzene rings is 4. The summed E-state index contributed by atoms with van der Waals surface area (Å²) < 4.78 is 103. The number of halogens is 5. The zero-order chi connectivity index (χ0) is 58.0. The van der Waals surface area contributed by atoms with Gasteiger partial charge in [0.15, 0.2) is 5.82 Å².